The average Bonchev–Trinajstić information content (AvgIpc) is 2.37. The third-order valence-electron chi connectivity index (χ3n) is 4.49. The van der Waals surface area contributed by atoms with Crippen LogP contribution in [0.1, 0.15) is 32.1 Å². The normalized spacial score (nSPS) is 25.1. The van der Waals surface area contributed by atoms with Gasteiger partial charge in [0.05, 0.1) is 5.69 Å². The minimum atomic E-state index is -3.68. The lowest BCUT2D eigenvalue weighted by molar-refractivity contribution is 0.135. The molecule has 2 aliphatic rings. The van der Waals surface area contributed by atoms with Crippen LogP contribution in [0.15, 0.2) is 29.2 Å². The summed E-state index contributed by atoms with van der Waals surface area (Å²) in [6.45, 7) is 0.981. The Morgan fingerprint density at radius 2 is 2.05 bits per heavy atom. The van der Waals surface area contributed by atoms with Gasteiger partial charge in [-0.1, -0.05) is 12.1 Å². The summed E-state index contributed by atoms with van der Waals surface area (Å²) >= 11 is 0. The second kappa shape index (κ2) is 5.02. The van der Waals surface area contributed by atoms with Crippen LogP contribution in [0.25, 0.3) is 0 Å². The van der Waals surface area contributed by atoms with Crippen molar-refractivity contribution >= 4 is 15.7 Å². The molecule has 1 atom stereocenters. The molecule has 0 radical (unpaired) electrons. The molecule has 3 rings (SSSR count). The first-order valence-electron chi connectivity index (χ1n) is 7.12. The zero-order valence-corrected chi connectivity index (χ0v) is 12.2. The smallest absolute Gasteiger partial charge is 0.240 e. The summed E-state index contributed by atoms with van der Waals surface area (Å²) in [5.74, 6) is 0. The number of hydrogen-bond acceptors (Lipinski definition) is 4. The van der Waals surface area contributed by atoms with Gasteiger partial charge in [0.25, 0.3) is 0 Å². The first-order valence-corrected chi connectivity index (χ1v) is 8.67. The quantitative estimate of drug-likeness (QED) is 0.787. The van der Waals surface area contributed by atoms with E-state index in [0.717, 1.165) is 19.4 Å². The third kappa shape index (κ3) is 2.68. The Bertz CT molecular complexity index is 596. The number of sulfonamides is 1. The van der Waals surface area contributed by atoms with Gasteiger partial charge >= 0.3 is 0 Å². The van der Waals surface area contributed by atoms with Crippen molar-refractivity contribution in [2.24, 2.45) is 5.14 Å². The van der Waals surface area contributed by atoms with E-state index >= 15 is 0 Å². The molecule has 6 heteroatoms. The highest BCUT2D eigenvalue weighted by molar-refractivity contribution is 7.89. The molecule has 20 heavy (non-hydrogen) atoms. The summed E-state index contributed by atoms with van der Waals surface area (Å²) in [4.78, 5) is 0.182. The number of piperidine rings is 1. The molecule has 1 aromatic carbocycles. The maximum atomic E-state index is 11.6. The molecule has 5 nitrogen and oxygen atoms in total. The van der Waals surface area contributed by atoms with Crippen molar-refractivity contribution in [3.05, 3.63) is 24.3 Å². The number of hydrogen-bond donors (Lipinski definition) is 3. The maximum absolute atomic E-state index is 11.6. The topological polar surface area (TPSA) is 84.2 Å². The Balaban J connectivity index is 1.78. The van der Waals surface area contributed by atoms with E-state index in [0.29, 0.717) is 11.7 Å². The average molecular weight is 295 g/mol. The summed E-state index contributed by atoms with van der Waals surface area (Å²) in [5.41, 5.74) is 0.906. The Labute approximate surface area is 120 Å². The number of primary sulfonamides is 1. The van der Waals surface area contributed by atoms with E-state index in [9.17, 15) is 8.42 Å². The molecule has 1 saturated carbocycles. The molecule has 110 valence electrons. The molecule has 1 aliphatic heterocycles. The van der Waals surface area contributed by atoms with Gasteiger partial charge in [0.2, 0.25) is 10.0 Å². The second-order valence-corrected chi connectivity index (χ2v) is 7.47. The van der Waals surface area contributed by atoms with Crippen molar-refractivity contribution in [1.29, 1.82) is 0 Å². The monoisotopic (exact) mass is 295 g/mol. The number of para-hydroxylation sites is 1. The minimum absolute atomic E-state index is 0.182. The SMILES string of the molecule is NS(=O)(=O)c1ccccc1NC1CCNC2(CCC2)C1. The molecule has 1 spiro atoms. The predicted octanol–water partition coefficient (Wildman–Crippen LogP) is 1.42. The van der Waals surface area contributed by atoms with E-state index in [-0.39, 0.29) is 10.4 Å². The molecule has 1 aliphatic carbocycles. The van der Waals surface area contributed by atoms with Crippen LogP contribution in [0.3, 0.4) is 0 Å². The highest BCUT2D eigenvalue weighted by Crippen LogP contribution is 2.39. The van der Waals surface area contributed by atoms with Crippen LogP contribution in [0.4, 0.5) is 5.69 Å². The largest absolute Gasteiger partial charge is 0.381 e. The first-order chi connectivity index (χ1) is 9.49. The van der Waals surface area contributed by atoms with Gasteiger partial charge in [0.1, 0.15) is 4.90 Å². The van der Waals surface area contributed by atoms with E-state index in [1.165, 1.54) is 19.3 Å². The third-order valence-corrected chi connectivity index (χ3v) is 5.46. The van der Waals surface area contributed by atoms with Gasteiger partial charge < -0.3 is 10.6 Å². The summed E-state index contributed by atoms with van der Waals surface area (Å²) in [5, 5.41) is 12.3. The van der Waals surface area contributed by atoms with Crippen LogP contribution in [0.5, 0.6) is 0 Å². The van der Waals surface area contributed by atoms with Gasteiger partial charge in [-0.15, -0.1) is 0 Å². The summed E-state index contributed by atoms with van der Waals surface area (Å²) in [6.07, 6.45) is 5.78. The molecule has 1 unspecified atom stereocenters. The summed E-state index contributed by atoms with van der Waals surface area (Å²) in [7, 11) is -3.68. The Kier molecular flexibility index (Phi) is 3.48. The van der Waals surface area contributed by atoms with Gasteiger partial charge in [-0.25, -0.2) is 13.6 Å². The van der Waals surface area contributed by atoms with E-state index in [1.54, 1.807) is 18.2 Å². The zero-order valence-electron chi connectivity index (χ0n) is 11.4. The van der Waals surface area contributed by atoms with Crippen LogP contribution in [0.2, 0.25) is 0 Å². The Morgan fingerprint density at radius 3 is 2.70 bits per heavy atom. The molecule has 4 N–H and O–H groups in total. The van der Waals surface area contributed by atoms with E-state index < -0.39 is 10.0 Å². The van der Waals surface area contributed by atoms with Crippen molar-refractivity contribution < 1.29 is 8.42 Å². The standard InChI is InChI=1S/C14H21N3O2S/c15-20(18,19)13-5-2-1-4-12(13)17-11-6-9-16-14(10-11)7-3-8-14/h1-2,4-5,11,16-17H,3,6-10H2,(H2,15,18,19). The Hall–Kier alpha value is -1.11. The summed E-state index contributed by atoms with van der Waals surface area (Å²) < 4.78 is 23.2. The predicted molar refractivity (Wildman–Crippen MR) is 79.0 cm³/mol. The molecular weight excluding hydrogens is 274 g/mol. The highest BCUT2D eigenvalue weighted by Gasteiger charge is 2.40. The summed E-state index contributed by atoms with van der Waals surface area (Å²) in [6, 6.07) is 7.17. The lowest BCUT2D eigenvalue weighted by atomic mass is 9.70. The van der Waals surface area contributed by atoms with Gasteiger partial charge in [0.15, 0.2) is 0 Å². The first kappa shape index (κ1) is 13.9. The van der Waals surface area contributed by atoms with Crippen molar-refractivity contribution in [1.82, 2.24) is 5.32 Å². The van der Waals surface area contributed by atoms with Crippen LogP contribution in [-0.2, 0) is 10.0 Å². The van der Waals surface area contributed by atoms with Crippen LogP contribution < -0.4 is 15.8 Å². The zero-order chi connectivity index (χ0) is 14.2. The lowest BCUT2D eigenvalue weighted by Crippen LogP contribution is -2.58. The molecule has 0 amide bonds. The second-order valence-electron chi connectivity index (χ2n) is 5.94. The molecular formula is C14H21N3O2S. The minimum Gasteiger partial charge on any atom is -0.381 e. The fourth-order valence-electron chi connectivity index (χ4n) is 3.32. The van der Waals surface area contributed by atoms with Gasteiger partial charge in [-0.3, -0.25) is 0 Å². The number of rotatable bonds is 3. The lowest BCUT2D eigenvalue weighted by Gasteiger charge is -2.48. The van der Waals surface area contributed by atoms with Gasteiger partial charge in [-0.2, -0.15) is 0 Å². The fourth-order valence-corrected chi connectivity index (χ4v) is 4.02. The highest BCUT2D eigenvalue weighted by atomic mass is 32.2. The van der Waals surface area contributed by atoms with Crippen molar-refractivity contribution in [2.45, 2.75) is 48.6 Å². The fraction of sp³-hybridized carbons (Fsp3) is 0.571. The van der Waals surface area contributed by atoms with Crippen molar-refractivity contribution in [3.63, 3.8) is 0 Å². The number of anilines is 1. The number of benzene rings is 1. The van der Waals surface area contributed by atoms with Crippen molar-refractivity contribution in [3.8, 4) is 0 Å². The molecule has 0 bridgehead atoms. The molecule has 1 saturated heterocycles. The molecule has 0 aromatic heterocycles. The van der Waals surface area contributed by atoms with Crippen LogP contribution in [-0.4, -0.2) is 26.5 Å². The van der Waals surface area contributed by atoms with Gasteiger partial charge in [-0.05, 0) is 50.8 Å². The van der Waals surface area contributed by atoms with Crippen LogP contribution in [0, 0.1) is 0 Å². The molecule has 1 heterocycles. The molecule has 2 fully saturated rings. The van der Waals surface area contributed by atoms with Crippen molar-refractivity contribution in [2.75, 3.05) is 11.9 Å². The van der Waals surface area contributed by atoms with E-state index in [2.05, 4.69) is 10.6 Å². The van der Waals surface area contributed by atoms with E-state index in [1.807, 2.05) is 6.07 Å². The maximum Gasteiger partial charge on any atom is 0.240 e. The number of nitrogens with two attached hydrogens (primary N) is 1. The van der Waals surface area contributed by atoms with Crippen LogP contribution >= 0.6 is 0 Å². The van der Waals surface area contributed by atoms with E-state index in [4.69, 9.17) is 5.14 Å². The Morgan fingerprint density at radius 1 is 1.30 bits per heavy atom. The number of nitrogens with one attached hydrogen (secondary N) is 2. The van der Waals surface area contributed by atoms with Gasteiger partial charge in [0, 0.05) is 11.6 Å². The molecule has 1 aromatic rings.